The summed E-state index contributed by atoms with van der Waals surface area (Å²) in [7, 11) is 0. The van der Waals surface area contributed by atoms with Crippen LogP contribution in [-0.4, -0.2) is 29.0 Å². The van der Waals surface area contributed by atoms with E-state index >= 15 is 0 Å². The average molecular weight is 237 g/mol. The van der Waals surface area contributed by atoms with Crippen molar-refractivity contribution in [3.63, 3.8) is 0 Å². The van der Waals surface area contributed by atoms with Gasteiger partial charge in [0, 0.05) is 12.1 Å². The van der Waals surface area contributed by atoms with Crippen molar-refractivity contribution >= 4 is 17.5 Å². The molecule has 0 aromatic carbocycles. The molecule has 1 amide bonds. The van der Waals surface area contributed by atoms with E-state index in [9.17, 15) is 4.79 Å². The van der Waals surface area contributed by atoms with Crippen molar-refractivity contribution in [2.75, 3.05) is 23.7 Å². The molecule has 0 atom stereocenters. The molecule has 0 aliphatic carbocycles. The van der Waals surface area contributed by atoms with Gasteiger partial charge in [0.25, 0.3) is 0 Å². The maximum atomic E-state index is 11.0. The molecule has 4 N–H and O–H groups in total. The lowest BCUT2D eigenvalue weighted by atomic mass is 10.0. The maximum absolute atomic E-state index is 11.0. The predicted molar refractivity (Wildman–Crippen MR) is 67.6 cm³/mol. The number of hydrogen-bond donors (Lipinski definition) is 2. The fourth-order valence-electron chi connectivity index (χ4n) is 1.73. The molecule has 94 valence electrons. The number of hydrogen-bond acceptors (Lipinski definition) is 5. The smallest absolute Gasteiger partial charge is 0.236 e. The second-order valence-electron chi connectivity index (χ2n) is 4.13. The first-order valence-corrected chi connectivity index (χ1v) is 5.61. The van der Waals surface area contributed by atoms with Gasteiger partial charge in [-0.1, -0.05) is 13.8 Å². The lowest BCUT2D eigenvalue weighted by molar-refractivity contribution is -0.116. The molecule has 1 rings (SSSR count). The molecular weight excluding hydrogens is 218 g/mol. The maximum Gasteiger partial charge on any atom is 0.236 e. The van der Waals surface area contributed by atoms with Crippen molar-refractivity contribution in [1.82, 2.24) is 9.97 Å². The van der Waals surface area contributed by atoms with E-state index in [1.54, 1.807) is 4.90 Å². The van der Waals surface area contributed by atoms with Gasteiger partial charge in [0.1, 0.15) is 18.0 Å². The first-order chi connectivity index (χ1) is 7.97. The van der Waals surface area contributed by atoms with Crippen LogP contribution in [0.25, 0.3) is 0 Å². The number of likely N-dealkylation sites (N-methyl/N-ethyl adjacent to an activating group) is 1. The Labute approximate surface area is 101 Å². The third-order valence-corrected chi connectivity index (χ3v) is 2.50. The second kappa shape index (κ2) is 5.47. The highest BCUT2D eigenvalue weighted by Gasteiger charge is 2.18. The molecule has 0 bridgehead atoms. The van der Waals surface area contributed by atoms with Crippen LogP contribution < -0.4 is 16.4 Å². The van der Waals surface area contributed by atoms with Gasteiger partial charge in [0.15, 0.2) is 0 Å². The highest BCUT2D eigenvalue weighted by molar-refractivity contribution is 5.79. The Kier molecular flexibility index (Phi) is 4.25. The minimum atomic E-state index is -0.390. The monoisotopic (exact) mass is 237 g/mol. The van der Waals surface area contributed by atoms with Gasteiger partial charge < -0.3 is 16.4 Å². The Morgan fingerprint density at radius 3 is 2.59 bits per heavy atom. The first-order valence-electron chi connectivity index (χ1n) is 5.61. The number of aromatic nitrogens is 2. The topological polar surface area (TPSA) is 98.1 Å². The number of anilines is 2. The van der Waals surface area contributed by atoms with Gasteiger partial charge in [0.05, 0.1) is 6.54 Å². The summed E-state index contributed by atoms with van der Waals surface area (Å²) >= 11 is 0. The van der Waals surface area contributed by atoms with Crippen LogP contribution in [0.3, 0.4) is 0 Å². The summed E-state index contributed by atoms with van der Waals surface area (Å²) in [5, 5.41) is 0. The first kappa shape index (κ1) is 13.2. The van der Waals surface area contributed by atoms with Crippen LogP contribution in [-0.2, 0) is 4.79 Å². The lowest BCUT2D eigenvalue weighted by Crippen LogP contribution is -2.35. The third-order valence-electron chi connectivity index (χ3n) is 2.50. The Morgan fingerprint density at radius 1 is 1.47 bits per heavy atom. The van der Waals surface area contributed by atoms with Gasteiger partial charge in [-0.3, -0.25) is 4.79 Å². The molecule has 0 radical (unpaired) electrons. The van der Waals surface area contributed by atoms with E-state index in [0.717, 1.165) is 5.56 Å². The van der Waals surface area contributed by atoms with E-state index in [1.165, 1.54) is 6.33 Å². The molecule has 0 aliphatic rings. The SMILES string of the molecule is CCN(CC(N)=O)c1ncnc(N)c1C(C)C. The summed E-state index contributed by atoms with van der Waals surface area (Å²) in [5.41, 5.74) is 11.9. The molecule has 0 saturated carbocycles. The van der Waals surface area contributed by atoms with Crippen molar-refractivity contribution in [2.24, 2.45) is 5.73 Å². The van der Waals surface area contributed by atoms with Gasteiger partial charge in [-0.05, 0) is 12.8 Å². The summed E-state index contributed by atoms with van der Waals surface area (Å²) in [5.74, 6) is 0.939. The molecule has 6 heteroatoms. The zero-order valence-corrected chi connectivity index (χ0v) is 10.5. The van der Waals surface area contributed by atoms with E-state index < -0.39 is 5.91 Å². The summed E-state index contributed by atoms with van der Waals surface area (Å²) in [4.78, 5) is 21.0. The Bertz CT molecular complexity index is 405. The van der Waals surface area contributed by atoms with Crippen molar-refractivity contribution in [2.45, 2.75) is 26.7 Å². The van der Waals surface area contributed by atoms with E-state index in [0.29, 0.717) is 18.2 Å². The predicted octanol–water partition coefficient (Wildman–Crippen LogP) is 0.494. The molecular formula is C11H19N5O. The van der Waals surface area contributed by atoms with E-state index in [4.69, 9.17) is 11.5 Å². The molecule has 0 unspecified atom stereocenters. The largest absolute Gasteiger partial charge is 0.383 e. The van der Waals surface area contributed by atoms with Crippen LogP contribution in [0.2, 0.25) is 0 Å². The number of nitrogen functional groups attached to an aromatic ring is 1. The fourth-order valence-corrected chi connectivity index (χ4v) is 1.73. The minimum Gasteiger partial charge on any atom is -0.383 e. The zero-order chi connectivity index (χ0) is 13.0. The van der Waals surface area contributed by atoms with Crippen LogP contribution in [0.1, 0.15) is 32.3 Å². The number of carbonyl (C=O) groups excluding carboxylic acids is 1. The molecule has 0 saturated heterocycles. The van der Waals surface area contributed by atoms with Crippen LogP contribution >= 0.6 is 0 Å². The Morgan fingerprint density at radius 2 is 2.12 bits per heavy atom. The molecule has 6 nitrogen and oxygen atoms in total. The van der Waals surface area contributed by atoms with E-state index in [2.05, 4.69) is 9.97 Å². The van der Waals surface area contributed by atoms with Crippen LogP contribution in [0.4, 0.5) is 11.6 Å². The quantitative estimate of drug-likeness (QED) is 0.776. The Balaban J connectivity index is 3.18. The Hall–Kier alpha value is -1.85. The molecule has 0 spiro atoms. The van der Waals surface area contributed by atoms with Gasteiger partial charge in [-0.2, -0.15) is 0 Å². The molecule has 17 heavy (non-hydrogen) atoms. The van der Waals surface area contributed by atoms with Crippen molar-refractivity contribution in [3.8, 4) is 0 Å². The van der Waals surface area contributed by atoms with Crippen LogP contribution in [0.15, 0.2) is 6.33 Å². The fraction of sp³-hybridized carbons (Fsp3) is 0.545. The minimum absolute atomic E-state index is 0.132. The van der Waals surface area contributed by atoms with Gasteiger partial charge in [0.2, 0.25) is 5.91 Å². The summed E-state index contributed by atoms with van der Waals surface area (Å²) in [6, 6.07) is 0. The number of carbonyl (C=O) groups is 1. The van der Waals surface area contributed by atoms with E-state index in [1.807, 2.05) is 20.8 Å². The normalized spacial score (nSPS) is 10.6. The molecule has 0 fully saturated rings. The summed E-state index contributed by atoms with van der Waals surface area (Å²) in [6.07, 6.45) is 1.40. The lowest BCUT2D eigenvalue weighted by Gasteiger charge is -2.24. The van der Waals surface area contributed by atoms with Crippen molar-refractivity contribution in [3.05, 3.63) is 11.9 Å². The number of nitrogens with two attached hydrogens (primary N) is 2. The molecule has 0 aliphatic heterocycles. The van der Waals surface area contributed by atoms with Gasteiger partial charge >= 0.3 is 0 Å². The number of rotatable bonds is 5. The average Bonchev–Trinajstić information content (AvgIpc) is 2.24. The summed E-state index contributed by atoms with van der Waals surface area (Å²) in [6.45, 7) is 6.73. The standard InChI is InChI=1S/C11H19N5O/c1-4-16(5-8(12)17)11-9(7(2)3)10(13)14-6-15-11/h6-7H,4-5H2,1-3H3,(H2,12,17)(H2,13,14,15). The van der Waals surface area contributed by atoms with Gasteiger partial charge in [-0.15, -0.1) is 0 Å². The van der Waals surface area contributed by atoms with Crippen molar-refractivity contribution < 1.29 is 4.79 Å². The van der Waals surface area contributed by atoms with Crippen LogP contribution in [0.5, 0.6) is 0 Å². The summed E-state index contributed by atoms with van der Waals surface area (Å²) < 4.78 is 0. The molecule has 1 aromatic heterocycles. The highest BCUT2D eigenvalue weighted by atomic mass is 16.1. The van der Waals surface area contributed by atoms with Crippen LogP contribution in [0, 0.1) is 0 Å². The van der Waals surface area contributed by atoms with E-state index in [-0.39, 0.29) is 12.5 Å². The zero-order valence-electron chi connectivity index (χ0n) is 10.5. The number of amides is 1. The number of nitrogens with zero attached hydrogens (tertiary/aromatic N) is 3. The van der Waals surface area contributed by atoms with Gasteiger partial charge in [-0.25, -0.2) is 9.97 Å². The highest BCUT2D eigenvalue weighted by Crippen LogP contribution is 2.28. The van der Waals surface area contributed by atoms with Crippen molar-refractivity contribution in [1.29, 1.82) is 0 Å². The number of primary amides is 1. The third kappa shape index (κ3) is 3.05. The molecule has 1 aromatic rings. The second-order valence-corrected chi connectivity index (χ2v) is 4.13. The molecule has 1 heterocycles.